The number of carbonyl (C=O) groups excluding carboxylic acids is 1. The molecule has 0 aromatic carbocycles. The van der Waals surface area contributed by atoms with E-state index in [-0.39, 0.29) is 12.5 Å². The zero-order valence-electron chi connectivity index (χ0n) is 10.6. The van der Waals surface area contributed by atoms with Gasteiger partial charge in [-0.05, 0) is 12.8 Å². The molecule has 4 N–H and O–H groups in total. The van der Waals surface area contributed by atoms with Gasteiger partial charge in [0.05, 0.1) is 5.60 Å². The van der Waals surface area contributed by atoms with Crippen molar-refractivity contribution >= 4 is 5.91 Å². The minimum atomic E-state index is -0.751. The number of nitrogens with two attached hydrogens (primary N) is 1. The van der Waals surface area contributed by atoms with E-state index in [1.165, 1.54) is 20.0 Å². The van der Waals surface area contributed by atoms with Crippen molar-refractivity contribution in [2.75, 3.05) is 20.2 Å². The summed E-state index contributed by atoms with van der Waals surface area (Å²) in [7, 11) is 1.46. The molecule has 0 spiro atoms. The number of rotatable bonds is 5. The van der Waals surface area contributed by atoms with Crippen molar-refractivity contribution in [2.24, 2.45) is 5.73 Å². The molecule has 1 rings (SSSR count). The van der Waals surface area contributed by atoms with Crippen molar-refractivity contribution in [1.82, 2.24) is 5.32 Å². The van der Waals surface area contributed by atoms with E-state index < -0.39 is 11.7 Å². The molecule has 5 nitrogen and oxygen atoms in total. The Balaban J connectivity index is 2.39. The smallest absolute Gasteiger partial charge is 0.250 e. The number of amides is 1. The predicted octanol–water partition coefficient (Wildman–Crippen LogP) is 0.162. The molecular formula is C12H24N2O3. The lowest BCUT2D eigenvalue weighted by Gasteiger charge is -2.27. The molecule has 1 fully saturated rings. The number of ether oxygens (including phenoxy) is 1. The van der Waals surface area contributed by atoms with Crippen LogP contribution in [0.2, 0.25) is 0 Å². The zero-order valence-corrected chi connectivity index (χ0v) is 10.6. The minimum Gasteiger partial charge on any atom is -0.388 e. The SMILES string of the molecule is COC(CN)C(=O)NCC1(O)CCCCCC1. The van der Waals surface area contributed by atoms with E-state index in [0.29, 0.717) is 6.54 Å². The van der Waals surface area contributed by atoms with Crippen molar-refractivity contribution in [3.8, 4) is 0 Å². The number of aliphatic hydroxyl groups is 1. The van der Waals surface area contributed by atoms with Crippen molar-refractivity contribution in [3.05, 3.63) is 0 Å². The Morgan fingerprint density at radius 3 is 2.47 bits per heavy atom. The average Bonchev–Trinajstić information content (AvgIpc) is 2.54. The van der Waals surface area contributed by atoms with Crippen molar-refractivity contribution in [3.63, 3.8) is 0 Å². The Morgan fingerprint density at radius 1 is 1.41 bits per heavy atom. The summed E-state index contributed by atoms with van der Waals surface area (Å²) in [5.74, 6) is -0.243. The third-order valence-electron chi connectivity index (χ3n) is 3.42. The summed E-state index contributed by atoms with van der Waals surface area (Å²) in [6.45, 7) is 0.451. The lowest BCUT2D eigenvalue weighted by atomic mass is 9.94. The van der Waals surface area contributed by atoms with Crippen LogP contribution in [0.4, 0.5) is 0 Å². The van der Waals surface area contributed by atoms with Gasteiger partial charge < -0.3 is 20.9 Å². The highest BCUT2D eigenvalue weighted by Gasteiger charge is 2.29. The lowest BCUT2D eigenvalue weighted by Crippen LogP contribution is -2.48. The van der Waals surface area contributed by atoms with Crippen LogP contribution in [0.1, 0.15) is 38.5 Å². The first-order valence-electron chi connectivity index (χ1n) is 6.34. The molecule has 0 aromatic rings. The van der Waals surface area contributed by atoms with Crippen LogP contribution in [-0.4, -0.2) is 42.9 Å². The number of methoxy groups -OCH3 is 1. The highest BCUT2D eigenvalue weighted by Crippen LogP contribution is 2.26. The molecule has 1 amide bonds. The zero-order chi connectivity index (χ0) is 12.7. The van der Waals surface area contributed by atoms with Gasteiger partial charge in [-0.1, -0.05) is 25.7 Å². The molecule has 17 heavy (non-hydrogen) atoms. The fraction of sp³-hybridized carbons (Fsp3) is 0.917. The van der Waals surface area contributed by atoms with E-state index in [4.69, 9.17) is 10.5 Å². The maximum Gasteiger partial charge on any atom is 0.250 e. The maximum absolute atomic E-state index is 11.6. The third kappa shape index (κ3) is 4.61. The summed E-state index contributed by atoms with van der Waals surface area (Å²) in [6, 6.07) is 0. The largest absolute Gasteiger partial charge is 0.388 e. The molecular weight excluding hydrogens is 220 g/mol. The summed E-state index contributed by atoms with van der Waals surface area (Å²) < 4.78 is 4.94. The molecule has 1 saturated carbocycles. The standard InChI is InChI=1S/C12H24N2O3/c1-17-10(8-13)11(15)14-9-12(16)6-4-2-3-5-7-12/h10,16H,2-9,13H2,1H3,(H,14,15). The second-order valence-electron chi connectivity index (χ2n) is 4.82. The number of carbonyl (C=O) groups is 1. The van der Waals surface area contributed by atoms with Gasteiger partial charge in [0.1, 0.15) is 6.10 Å². The summed E-state index contributed by atoms with van der Waals surface area (Å²) in [5, 5.41) is 13.1. The summed E-state index contributed by atoms with van der Waals surface area (Å²) in [4.78, 5) is 11.6. The normalized spacial score (nSPS) is 21.6. The lowest BCUT2D eigenvalue weighted by molar-refractivity contribution is -0.131. The molecule has 0 bridgehead atoms. The number of hydrogen-bond acceptors (Lipinski definition) is 4. The Labute approximate surface area is 103 Å². The highest BCUT2D eigenvalue weighted by atomic mass is 16.5. The summed E-state index contributed by atoms with van der Waals surface area (Å²) >= 11 is 0. The van der Waals surface area contributed by atoms with Crippen molar-refractivity contribution < 1.29 is 14.6 Å². The molecule has 0 heterocycles. The van der Waals surface area contributed by atoms with Gasteiger partial charge in [-0.15, -0.1) is 0 Å². The van der Waals surface area contributed by atoms with E-state index >= 15 is 0 Å². The molecule has 0 saturated heterocycles. The van der Waals surface area contributed by atoms with E-state index in [2.05, 4.69) is 5.32 Å². The van der Waals surface area contributed by atoms with Crippen molar-refractivity contribution in [2.45, 2.75) is 50.2 Å². The molecule has 100 valence electrons. The molecule has 1 unspecified atom stereocenters. The third-order valence-corrected chi connectivity index (χ3v) is 3.42. The van der Waals surface area contributed by atoms with E-state index in [9.17, 15) is 9.90 Å². The first kappa shape index (κ1) is 14.4. The quantitative estimate of drug-likeness (QED) is 0.602. The minimum absolute atomic E-state index is 0.154. The van der Waals surface area contributed by atoms with Crippen LogP contribution in [0, 0.1) is 0 Å². The summed E-state index contributed by atoms with van der Waals surface area (Å²) in [6.07, 6.45) is 5.28. The van der Waals surface area contributed by atoms with Gasteiger partial charge in [0.15, 0.2) is 0 Å². The van der Waals surface area contributed by atoms with Gasteiger partial charge >= 0.3 is 0 Å². The van der Waals surface area contributed by atoms with Crippen LogP contribution in [0.3, 0.4) is 0 Å². The fourth-order valence-corrected chi connectivity index (χ4v) is 2.24. The molecule has 5 heteroatoms. The van der Waals surface area contributed by atoms with Gasteiger partial charge in [-0.3, -0.25) is 4.79 Å². The first-order chi connectivity index (χ1) is 8.11. The van der Waals surface area contributed by atoms with Crippen molar-refractivity contribution in [1.29, 1.82) is 0 Å². The van der Waals surface area contributed by atoms with Gasteiger partial charge in [0.25, 0.3) is 5.91 Å². The molecule has 0 aliphatic heterocycles. The average molecular weight is 244 g/mol. The Bertz CT molecular complexity index is 234. The molecule has 0 radical (unpaired) electrons. The maximum atomic E-state index is 11.6. The Morgan fingerprint density at radius 2 is 2.00 bits per heavy atom. The van der Waals surface area contributed by atoms with Gasteiger partial charge in [0, 0.05) is 20.2 Å². The second-order valence-corrected chi connectivity index (χ2v) is 4.82. The van der Waals surface area contributed by atoms with E-state index in [0.717, 1.165) is 25.7 Å². The van der Waals surface area contributed by atoms with Gasteiger partial charge in [-0.25, -0.2) is 0 Å². The molecule has 1 aliphatic rings. The van der Waals surface area contributed by atoms with Gasteiger partial charge in [0.2, 0.25) is 0 Å². The van der Waals surface area contributed by atoms with Crippen LogP contribution in [0.25, 0.3) is 0 Å². The highest BCUT2D eigenvalue weighted by molar-refractivity contribution is 5.81. The summed E-state index contributed by atoms with van der Waals surface area (Å²) in [5.41, 5.74) is 4.65. The second kappa shape index (κ2) is 6.93. The van der Waals surface area contributed by atoms with Crippen LogP contribution in [0.15, 0.2) is 0 Å². The predicted molar refractivity (Wildman–Crippen MR) is 65.5 cm³/mol. The van der Waals surface area contributed by atoms with Crippen LogP contribution in [0.5, 0.6) is 0 Å². The van der Waals surface area contributed by atoms with Crippen LogP contribution in [-0.2, 0) is 9.53 Å². The Hall–Kier alpha value is -0.650. The molecule has 0 aromatic heterocycles. The van der Waals surface area contributed by atoms with Crippen LogP contribution < -0.4 is 11.1 Å². The fourth-order valence-electron chi connectivity index (χ4n) is 2.24. The van der Waals surface area contributed by atoms with E-state index in [1.54, 1.807) is 0 Å². The topological polar surface area (TPSA) is 84.6 Å². The van der Waals surface area contributed by atoms with Crippen LogP contribution >= 0.6 is 0 Å². The Kier molecular flexibility index (Phi) is 5.88. The number of hydrogen-bond donors (Lipinski definition) is 3. The first-order valence-corrected chi connectivity index (χ1v) is 6.34. The number of nitrogens with one attached hydrogen (secondary N) is 1. The van der Waals surface area contributed by atoms with E-state index in [1.807, 2.05) is 0 Å². The monoisotopic (exact) mass is 244 g/mol. The van der Waals surface area contributed by atoms with Gasteiger partial charge in [-0.2, -0.15) is 0 Å². The molecule has 1 atom stereocenters. The molecule has 1 aliphatic carbocycles.